The molecule has 0 spiro atoms. The van der Waals surface area contributed by atoms with Crippen molar-refractivity contribution < 1.29 is 19.1 Å². The summed E-state index contributed by atoms with van der Waals surface area (Å²) in [6, 6.07) is 37.5. The summed E-state index contributed by atoms with van der Waals surface area (Å²) in [6.45, 7) is 0. The molecule has 2 aliphatic heterocycles. The Morgan fingerprint density at radius 1 is 0.450 bits per heavy atom. The molecule has 2 aliphatic rings. The predicted octanol–water partition coefficient (Wildman–Crippen LogP) is 7.44. The summed E-state index contributed by atoms with van der Waals surface area (Å²) in [7, 11) is 0. The van der Waals surface area contributed by atoms with Gasteiger partial charge in [-0.2, -0.15) is 0 Å². The van der Waals surface area contributed by atoms with Gasteiger partial charge in [-0.15, -0.1) is 0 Å². The maximum Gasteiger partial charge on any atom is 0.236 e. The van der Waals surface area contributed by atoms with Crippen molar-refractivity contribution >= 4 is 23.2 Å². The van der Waals surface area contributed by atoms with Gasteiger partial charge in [-0.1, -0.05) is 78.9 Å². The topological polar surface area (TPSA) is 76.7 Å². The first-order chi connectivity index (χ1) is 19.7. The lowest BCUT2D eigenvalue weighted by molar-refractivity contribution is -0.117. The lowest BCUT2D eigenvalue weighted by atomic mass is 9.87. The Hall–Kier alpha value is -5.36. The number of carbonyl (C=O) groups is 2. The SMILES string of the molecule is O=C(Nc1cccc(NC(=O)C2c3ccccc3Oc3ccccc32)c1)C1c2ccccc2Oc2ccccc21. The molecule has 2 amide bonds. The molecule has 0 radical (unpaired) electrons. The quantitative estimate of drug-likeness (QED) is 0.256. The van der Waals surface area contributed by atoms with E-state index in [-0.39, 0.29) is 11.8 Å². The monoisotopic (exact) mass is 524 g/mol. The molecule has 7 rings (SSSR count). The van der Waals surface area contributed by atoms with Crippen LogP contribution >= 0.6 is 0 Å². The number of ether oxygens (including phenoxy) is 2. The fourth-order valence-electron chi connectivity index (χ4n) is 5.49. The fourth-order valence-corrected chi connectivity index (χ4v) is 5.49. The van der Waals surface area contributed by atoms with Crippen LogP contribution in [0, 0.1) is 0 Å². The van der Waals surface area contributed by atoms with Crippen LogP contribution in [-0.2, 0) is 9.59 Å². The van der Waals surface area contributed by atoms with E-state index in [1.807, 2.05) is 115 Å². The van der Waals surface area contributed by atoms with Gasteiger partial charge >= 0.3 is 0 Å². The van der Waals surface area contributed by atoms with Crippen molar-refractivity contribution in [2.24, 2.45) is 0 Å². The second kappa shape index (κ2) is 9.75. The third kappa shape index (κ3) is 4.16. The molecule has 2 N–H and O–H groups in total. The molecule has 0 fully saturated rings. The number of fused-ring (bicyclic) bond motifs is 4. The van der Waals surface area contributed by atoms with E-state index in [1.165, 1.54) is 0 Å². The van der Waals surface area contributed by atoms with Crippen molar-refractivity contribution in [1.82, 2.24) is 0 Å². The fraction of sp³-hybridized carbons (Fsp3) is 0.0588. The molecule has 0 aromatic heterocycles. The minimum Gasteiger partial charge on any atom is -0.457 e. The number of amides is 2. The standard InChI is InChI=1S/C34H24N2O4/c37-33(31-23-12-1-5-16-27(23)39-28-17-6-2-13-24(28)31)35-21-10-9-11-22(20-21)36-34(38)32-25-14-3-7-18-29(25)40-30-19-8-4-15-26(30)32/h1-20,31-32H,(H,35,37)(H,36,38). The van der Waals surface area contributed by atoms with Gasteiger partial charge in [0.1, 0.15) is 23.0 Å². The van der Waals surface area contributed by atoms with Crippen LogP contribution in [-0.4, -0.2) is 11.8 Å². The van der Waals surface area contributed by atoms with E-state index in [0.717, 1.165) is 22.3 Å². The Kier molecular flexibility index (Phi) is 5.78. The summed E-state index contributed by atoms with van der Waals surface area (Å²) < 4.78 is 12.1. The van der Waals surface area contributed by atoms with E-state index < -0.39 is 11.8 Å². The first-order valence-corrected chi connectivity index (χ1v) is 13.1. The highest BCUT2D eigenvalue weighted by atomic mass is 16.5. The minimum atomic E-state index is -0.533. The van der Waals surface area contributed by atoms with E-state index in [1.54, 1.807) is 6.07 Å². The number of hydrogen-bond donors (Lipinski definition) is 2. The van der Waals surface area contributed by atoms with E-state index in [2.05, 4.69) is 10.6 Å². The van der Waals surface area contributed by atoms with Crippen LogP contribution in [0.25, 0.3) is 0 Å². The molecule has 0 aliphatic carbocycles. The molecule has 5 aromatic rings. The molecule has 0 atom stereocenters. The van der Waals surface area contributed by atoms with Crippen molar-refractivity contribution in [3.63, 3.8) is 0 Å². The molecule has 0 unspecified atom stereocenters. The van der Waals surface area contributed by atoms with Crippen molar-refractivity contribution in [3.05, 3.63) is 144 Å². The Labute approximate surface area is 231 Å². The molecular weight excluding hydrogens is 500 g/mol. The Morgan fingerprint density at radius 2 is 0.775 bits per heavy atom. The zero-order valence-corrected chi connectivity index (χ0v) is 21.3. The van der Waals surface area contributed by atoms with Crippen LogP contribution in [0.15, 0.2) is 121 Å². The number of nitrogens with one attached hydrogen (secondary N) is 2. The van der Waals surface area contributed by atoms with Crippen molar-refractivity contribution in [3.8, 4) is 23.0 Å². The van der Waals surface area contributed by atoms with E-state index in [0.29, 0.717) is 34.4 Å². The van der Waals surface area contributed by atoms with Gasteiger partial charge in [0.2, 0.25) is 11.8 Å². The number of hydrogen-bond acceptors (Lipinski definition) is 4. The van der Waals surface area contributed by atoms with E-state index >= 15 is 0 Å². The molecule has 0 bridgehead atoms. The van der Waals surface area contributed by atoms with Gasteiger partial charge < -0.3 is 20.1 Å². The summed E-state index contributed by atoms with van der Waals surface area (Å²) in [5.41, 5.74) is 4.38. The number of carbonyl (C=O) groups excluding carboxylic acids is 2. The van der Waals surface area contributed by atoms with Crippen LogP contribution in [0.5, 0.6) is 23.0 Å². The zero-order chi connectivity index (χ0) is 27.1. The summed E-state index contributed by atoms with van der Waals surface area (Å²) in [5, 5.41) is 6.10. The smallest absolute Gasteiger partial charge is 0.236 e. The summed E-state index contributed by atoms with van der Waals surface area (Å²) in [4.78, 5) is 27.4. The van der Waals surface area contributed by atoms with Crippen LogP contribution in [0.2, 0.25) is 0 Å². The number of para-hydroxylation sites is 4. The van der Waals surface area contributed by atoms with Crippen molar-refractivity contribution in [2.45, 2.75) is 11.8 Å². The molecule has 2 heterocycles. The summed E-state index contributed by atoms with van der Waals surface area (Å²) >= 11 is 0. The van der Waals surface area contributed by atoms with Gasteiger partial charge in [0.25, 0.3) is 0 Å². The maximum absolute atomic E-state index is 13.7. The molecule has 40 heavy (non-hydrogen) atoms. The van der Waals surface area contributed by atoms with Crippen LogP contribution in [0.4, 0.5) is 11.4 Å². The average Bonchev–Trinajstić information content (AvgIpc) is 2.98. The maximum atomic E-state index is 13.7. The first kappa shape index (κ1) is 23.7. The highest BCUT2D eigenvalue weighted by molar-refractivity contribution is 6.02. The molecular formula is C34H24N2O4. The molecule has 194 valence electrons. The number of anilines is 2. The Morgan fingerprint density at radius 3 is 1.12 bits per heavy atom. The second-order valence-corrected chi connectivity index (χ2v) is 9.78. The van der Waals surface area contributed by atoms with Gasteiger partial charge in [0.15, 0.2) is 0 Å². The van der Waals surface area contributed by atoms with Crippen molar-refractivity contribution in [1.29, 1.82) is 0 Å². The largest absolute Gasteiger partial charge is 0.457 e. The third-order valence-corrected chi connectivity index (χ3v) is 7.28. The van der Waals surface area contributed by atoms with Gasteiger partial charge in [-0.3, -0.25) is 9.59 Å². The zero-order valence-electron chi connectivity index (χ0n) is 21.3. The average molecular weight is 525 g/mol. The second-order valence-electron chi connectivity index (χ2n) is 9.78. The normalized spacial score (nSPS) is 13.4. The van der Waals surface area contributed by atoms with Gasteiger partial charge in [0, 0.05) is 33.6 Å². The van der Waals surface area contributed by atoms with Crippen LogP contribution in [0.3, 0.4) is 0 Å². The highest BCUT2D eigenvalue weighted by Crippen LogP contribution is 2.45. The molecule has 0 saturated heterocycles. The lowest BCUT2D eigenvalue weighted by Crippen LogP contribution is -2.26. The first-order valence-electron chi connectivity index (χ1n) is 13.1. The van der Waals surface area contributed by atoms with E-state index in [4.69, 9.17) is 9.47 Å². The van der Waals surface area contributed by atoms with Gasteiger partial charge in [-0.05, 0) is 42.5 Å². The highest BCUT2D eigenvalue weighted by Gasteiger charge is 2.34. The van der Waals surface area contributed by atoms with Crippen LogP contribution < -0.4 is 20.1 Å². The minimum absolute atomic E-state index is 0.182. The summed E-state index contributed by atoms with van der Waals surface area (Å²) in [6.07, 6.45) is 0. The molecule has 5 aromatic carbocycles. The summed E-state index contributed by atoms with van der Waals surface area (Å²) in [5.74, 6) is 1.24. The third-order valence-electron chi connectivity index (χ3n) is 7.28. The van der Waals surface area contributed by atoms with Crippen molar-refractivity contribution in [2.75, 3.05) is 10.6 Å². The Balaban J connectivity index is 1.15. The molecule has 6 heteroatoms. The predicted molar refractivity (Wildman–Crippen MR) is 153 cm³/mol. The molecule has 6 nitrogen and oxygen atoms in total. The van der Waals surface area contributed by atoms with Crippen LogP contribution in [0.1, 0.15) is 34.1 Å². The number of rotatable bonds is 4. The van der Waals surface area contributed by atoms with Gasteiger partial charge in [0.05, 0.1) is 11.8 Å². The number of benzene rings is 5. The van der Waals surface area contributed by atoms with E-state index in [9.17, 15) is 9.59 Å². The Bertz CT molecular complexity index is 1560. The van der Waals surface area contributed by atoms with Gasteiger partial charge in [-0.25, -0.2) is 0 Å². The lowest BCUT2D eigenvalue weighted by Gasteiger charge is -2.28. The molecule has 0 saturated carbocycles.